The summed E-state index contributed by atoms with van der Waals surface area (Å²) in [4.78, 5) is 0. The Morgan fingerprint density at radius 3 is 2.72 bits per heavy atom. The number of hydrogen-bond acceptors (Lipinski definition) is 3. The summed E-state index contributed by atoms with van der Waals surface area (Å²) in [6.07, 6.45) is 1.19. The molecular weight excluding hydrogens is 226 g/mol. The van der Waals surface area contributed by atoms with Crippen molar-refractivity contribution in [3.63, 3.8) is 0 Å². The molecule has 0 fully saturated rings. The zero-order valence-electron chi connectivity index (χ0n) is 12.0. The predicted octanol–water partition coefficient (Wildman–Crippen LogP) is 2.70. The van der Waals surface area contributed by atoms with E-state index in [4.69, 9.17) is 9.47 Å². The van der Waals surface area contributed by atoms with Crippen molar-refractivity contribution in [2.24, 2.45) is 0 Å². The standard InChI is InChI=1S/C15H25NO2/c1-5-8-16-10-14(11-17-4)18-15-9-12(2)6-7-13(15)3/h6-7,9,14,16H,5,8,10-11H2,1-4H3. The van der Waals surface area contributed by atoms with Crippen molar-refractivity contribution in [2.45, 2.75) is 33.3 Å². The molecule has 18 heavy (non-hydrogen) atoms. The smallest absolute Gasteiger partial charge is 0.134 e. The fourth-order valence-corrected chi connectivity index (χ4v) is 1.77. The van der Waals surface area contributed by atoms with Gasteiger partial charge in [-0.05, 0) is 44.0 Å². The van der Waals surface area contributed by atoms with Crippen molar-refractivity contribution in [2.75, 3.05) is 26.8 Å². The van der Waals surface area contributed by atoms with Crippen LogP contribution in [0.1, 0.15) is 24.5 Å². The molecule has 0 aromatic heterocycles. The average Bonchev–Trinajstić information content (AvgIpc) is 2.34. The highest BCUT2D eigenvalue weighted by atomic mass is 16.5. The lowest BCUT2D eigenvalue weighted by atomic mass is 10.1. The first-order chi connectivity index (χ1) is 8.67. The minimum absolute atomic E-state index is 0.0575. The lowest BCUT2D eigenvalue weighted by Crippen LogP contribution is -2.35. The summed E-state index contributed by atoms with van der Waals surface area (Å²) >= 11 is 0. The molecule has 0 saturated carbocycles. The molecule has 3 heteroatoms. The van der Waals surface area contributed by atoms with Crippen LogP contribution in [0.4, 0.5) is 0 Å². The number of nitrogens with one attached hydrogen (secondary N) is 1. The molecule has 1 aromatic rings. The first-order valence-electron chi connectivity index (χ1n) is 6.61. The molecule has 102 valence electrons. The maximum absolute atomic E-state index is 6.03. The van der Waals surface area contributed by atoms with E-state index in [1.807, 2.05) is 0 Å². The summed E-state index contributed by atoms with van der Waals surface area (Å²) in [6.45, 7) is 8.73. The van der Waals surface area contributed by atoms with Crippen LogP contribution in [0.3, 0.4) is 0 Å². The maximum atomic E-state index is 6.03. The van der Waals surface area contributed by atoms with Crippen molar-refractivity contribution in [1.82, 2.24) is 5.32 Å². The maximum Gasteiger partial charge on any atom is 0.134 e. The van der Waals surface area contributed by atoms with E-state index in [-0.39, 0.29) is 6.10 Å². The third-order valence-corrected chi connectivity index (χ3v) is 2.79. The molecule has 0 aliphatic carbocycles. The second-order valence-electron chi connectivity index (χ2n) is 4.67. The Labute approximate surface area is 110 Å². The molecule has 0 saturated heterocycles. The van der Waals surface area contributed by atoms with Crippen LogP contribution in [0.15, 0.2) is 18.2 Å². The van der Waals surface area contributed by atoms with E-state index in [2.05, 4.69) is 44.3 Å². The van der Waals surface area contributed by atoms with Gasteiger partial charge in [-0.15, -0.1) is 0 Å². The summed E-state index contributed by atoms with van der Waals surface area (Å²) in [5, 5.41) is 3.37. The van der Waals surface area contributed by atoms with Gasteiger partial charge in [0.2, 0.25) is 0 Å². The molecule has 0 aliphatic rings. The second-order valence-corrected chi connectivity index (χ2v) is 4.67. The van der Waals surface area contributed by atoms with Crippen molar-refractivity contribution >= 4 is 0 Å². The summed E-state index contributed by atoms with van der Waals surface area (Å²) < 4.78 is 11.2. The Kier molecular flexibility index (Phi) is 6.76. The number of benzene rings is 1. The molecule has 0 amide bonds. The highest BCUT2D eigenvalue weighted by Crippen LogP contribution is 2.20. The van der Waals surface area contributed by atoms with E-state index in [0.717, 1.165) is 30.8 Å². The van der Waals surface area contributed by atoms with Gasteiger partial charge in [-0.25, -0.2) is 0 Å². The van der Waals surface area contributed by atoms with Crippen LogP contribution >= 0.6 is 0 Å². The van der Waals surface area contributed by atoms with Crippen molar-refractivity contribution < 1.29 is 9.47 Å². The van der Waals surface area contributed by atoms with Gasteiger partial charge in [0, 0.05) is 13.7 Å². The Bertz CT molecular complexity index is 352. The highest BCUT2D eigenvalue weighted by molar-refractivity contribution is 5.36. The van der Waals surface area contributed by atoms with Crippen LogP contribution in [0.5, 0.6) is 5.75 Å². The van der Waals surface area contributed by atoms with E-state index in [9.17, 15) is 0 Å². The van der Waals surface area contributed by atoms with Gasteiger partial charge >= 0.3 is 0 Å². The van der Waals surface area contributed by atoms with Gasteiger partial charge < -0.3 is 14.8 Å². The van der Waals surface area contributed by atoms with Crippen molar-refractivity contribution in [3.05, 3.63) is 29.3 Å². The number of ether oxygens (including phenoxy) is 2. The van der Waals surface area contributed by atoms with Crippen molar-refractivity contribution in [1.29, 1.82) is 0 Å². The van der Waals surface area contributed by atoms with E-state index >= 15 is 0 Å². The third kappa shape index (κ3) is 5.07. The third-order valence-electron chi connectivity index (χ3n) is 2.79. The lowest BCUT2D eigenvalue weighted by Gasteiger charge is -2.20. The van der Waals surface area contributed by atoms with Crippen molar-refractivity contribution in [3.8, 4) is 5.75 Å². The first kappa shape index (κ1) is 15.0. The van der Waals surface area contributed by atoms with Gasteiger partial charge in [0.1, 0.15) is 11.9 Å². The molecule has 1 rings (SSSR count). The molecule has 1 unspecified atom stereocenters. The van der Waals surface area contributed by atoms with Gasteiger partial charge in [0.05, 0.1) is 6.61 Å². The molecule has 1 aromatic carbocycles. The number of aryl methyl sites for hydroxylation is 2. The highest BCUT2D eigenvalue weighted by Gasteiger charge is 2.11. The Morgan fingerprint density at radius 1 is 1.28 bits per heavy atom. The quantitative estimate of drug-likeness (QED) is 0.721. The van der Waals surface area contributed by atoms with Gasteiger partial charge in [-0.3, -0.25) is 0 Å². The summed E-state index contributed by atoms with van der Waals surface area (Å²) in [5.41, 5.74) is 2.38. The Hall–Kier alpha value is -1.06. The van der Waals surface area contributed by atoms with Crippen LogP contribution in [0.2, 0.25) is 0 Å². The van der Waals surface area contributed by atoms with Crippen LogP contribution in [0.25, 0.3) is 0 Å². The lowest BCUT2D eigenvalue weighted by molar-refractivity contribution is 0.0802. The van der Waals surface area contributed by atoms with Gasteiger partial charge in [-0.1, -0.05) is 19.1 Å². The van der Waals surface area contributed by atoms with Crippen LogP contribution < -0.4 is 10.1 Å². The Balaban J connectivity index is 2.60. The molecule has 3 nitrogen and oxygen atoms in total. The summed E-state index contributed by atoms with van der Waals surface area (Å²) in [6, 6.07) is 6.27. The average molecular weight is 251 g/mol. The van der Waals surface area contributed by atoms with Gasteiger partial charge in [0.15, 0.2) is 0 Å². The number of rotatable bonds is 8. The van der Waals surface area contributed by atoms with E-state index in [1.165, 1.54) is 5.56 Å². The van der Waals surface area contributed by atoms with E-state index < -0.39 is 0 Å². The summed E-state index contributed by atoms with van der Waals surface area (Å²) in [5.74, 6) is 0.954. The largest absolute Gasteiger partial charge is 0.486 e. The Morgan fingerprint density at radius 2 is 2.06 bits per heavy atom. The molecule has 0 heterocycles. The molecule has 1 N–H and O–H groups in total. The normalized spacial score (nSPS) is 12.4. The van der Waals surface area contributed by atoms with E-state index in [0.29, 0.717) is 6.61 Å². The van der Waals surface area contributed by atoms with E-state index in [1.54, 1.807) is 7.11 Å². The van der Waals surface area contributed by atoms with Crippen LogP contribution in [0, 0.1) is 13.8 Å². The first-order valence-corrected chi connectivity index (χ1v) is 6.61. The topological polar surface area (TPSA) is 30.5 Å². The molecule has 0 radical (unpaired) electrons. The number of methoxy groups -OCH3 is 1. The monoisotopic (exact) mass is 251 g/mol. The minimum atomic E-state index is 0.0575. The van der Waals surface area contributed by atoms with Gasteiger partial charge in [0.25, 0.3) is 0 Å². The molecule has 0 spiro atoms. The summed E-state index contributed by atoms with van der Waals surface area (Å²) in [7, 11) is 1.71. The molecule has 0 bridgehead atoms. The SMILES string of the molecule is CCCNCC(COC)Oc1cc(C)ccc1C. The zero-order valence-corrected chi connectivity index (χ0v) is 12.0. The molecular formula is C15H25NO2. The zero-order chi connectivity index (χ0) is 13.4. The fraction of sp³-hybridized carbons (Fsp3) is 0.600. The second kappa shape index (κ2) is 8.11. The number of hydrogen-bond donors (Lipinski definition) is 1. The van der Waals surface area contributed by atoms with Crippen LogP contribution in [-0.4, -0.2) is 32.9 Å². The van der Waals surface area contributed by atoms with Gasteiger partial charge in [-0.2, -0.15) is 0 Å². The molecule has 0 aliphatic heterocycles. The minimum Gasteiger partial charge on any atom is -0.486 e. The predicted molar refractivity (Wildman–Crippen MR) is 75.4 cm³/mol. The fourth-order valence-electron chi connectivity index (χ4n) is 1.77. The molecule has 1 atom stereocenters. The van der Waals surface area contributed by atoms with Crippen LogP contribution in [-0.2, 0) is 4.74 Å².